The standard InChI is InChI=1S/C14H18F3N7O/c1-22(2)10-7-11(19-9-18-10)24-5-3-23(4-6-24)8-12-20-21-13(25-12)14(15,16)17/h7,9H,3-6,8H2,1-2H3. The number of nitrogens with zero attached hydrogens (tertiary/aromatic N) is 7. The van der Waals surface area contributed by atoms with Gasteiger partial charge in [0.05, 0.1) is 6.54 Å². The lowest BCUT2D eigenvalue weighted by Crippen LogP contribution is -2.46. The molecule has 0 saturated carbocycles. The first-order chi connectivity index (χ1) is 11.8. The summed E-state index contributed by atoms with van der Waals surface area (Å²) in [5, 5.41) is 6.51. The van der Waals surface area contributed by atoms with E-state index in [0.717, 1.165) is 11.6 Å². The number of aromatic nitrogens is 4. The Hall–Kier alpha value is -2.43. The van der Waals surface area contributed by atoms with Crippen molar-refractivity contribution >= 4 is 11.6 Å². The second-order valence-electron chi connectivity index (χ2n) is 5.89. The van der Waals surface area contributed by atoms with Gasteiger partial charge in [-0.05, 0) is 0 Å². The molecule has 0 atom stereocenters. The van der Waals surface area contributed by atoms with E-state index in [1.807, 2.05) is 30.0 Å². The van der Waals surface area contributed by atoms with Gasteiger partial charge in [0.1, 0.15) is 18.0 Å². The second kappa shape index (κ2) is 6.82. The van der Waals surface area contributed by atoms with Crippen molar-refractivity contribution in [3.05, 3.63) is 24.2 Å². The molecule has 2 aromatic rings. The van der Waals surface area contributed by atoms with Gasteiger partial charge in [0.2, 0.25) is 5.89 Å². The summed E-state index contributed by atoms with van der Waals surface area (Å²) in [6.07, 6.45) is -3.09. The van der Waals surface area contributed by atoms with E-state index in [1.165, 1.54) is 6.33 Å². The van der Waals surface area contributed by atoms with E-state index in [0.29, 0.717) is 26.2 Å². The van der Waals surface area contributed by atoms with Crippen molar-refractivity contribution in [1.82, 2.24) is 25.1 Å². The van der Waals surface area contributed by atoms with Gasteiger partial charge in [0.15, 0.2) is 0 Å². The van der Waals surface area contributed by atoms with Crippen LogP contribution in [0.3, 0.4) is 0 Å². The molecule has 0 amide bonds. The monoisotopic (exact) mass is 357 g/mol. The topological polar surface area (TPSA) is 74.4 Å². The summed E-state index contributed by atoms with van der Waals surface area (Å²) in [6.45, 7) is 2.91. The van der Waals surface area contributed by atoms with E-state index >= 15 is 0 Å². The van der Waals surface area contributed by atoms with Crippen LogP contribution in [-0.2, 0) is 12.7 Å². The summed E-state index contributed by atoms with van der Waals surface area (Å²) in [7, 11) is 3.81. The first-order valence-corrected chi connectivity index (χ1v) is 7.69. The fraction of sp³-hybridized carbons (Fsp3) is 0.571. The molecule has 25 heavy (non-hydrogen) atoms. The summed E-state index contributed by atoms with van der Waals surface area (Å²) >= 11 is 0. The van der Waals surface area contributed by atoms with Crippen molar-refractivity contribution in [2.24, 2.45) is 0 Å². The molecule has 0 radical (unpaired) electrons. The van der Waals surface area contributed by atoms with Gasteiger partial charge in [-0.25, -0.2) is 9.97 Å². The molecule has 0 aliphatic carbocycles. The fourth-order valence-corrected chi connectivity index (χ4v) is 2.51. The predicted molar refractivity (Wildman–Crippen MR) is 83.1 cm³/mol. The fourth-order valence-electron chi connectivity index (χ4n) is 2.51. The van der Waals surface area contributed by atoms with E-state index in [9.17, 15) is 13.2 Å². The van der Waals surface area contributed by atoms with Crippen molar-refractivity contribution in [2.75, 3.05) is 50.1 Å². The van der Waals surface area contributed by atoms with Gasteiger partial charge in [-0.1, -0.05) is 0 Å². The molecule has 0 bridgehead atoms. The molecule has 1 aliphatic rings. The maximum atomic E-state index is 12.5. The van der Waals surface area contributed by atoms with Crippen LogP contribution in [0.15, 0.2) is 16.8 Å². The lowest BCUT2D eigenvalue weighted by molar-refractivity contribution is -0.157. The predicted octanol–water partition coefficient (Wildman–Crippen LogP) is 1.27. The van der Waals surface area contributed by atoms with E-state index in [2.05, 4.69) is 29.5 Å². The van der Waals surface area contributed by atoms with Crippen molar-refractivity contribution in [3.8, 4) is 0 Å². The normalized spacial score (nSPS) is 16.3. The molecule has 0 spiro atoms. The Balaban J connectivity index is 1.57. The second-order valence-corrected chi connectivity index (χ2v) is 5.89. The van der Waals surface area contributed by atoms with E-state index < -0.39 is 12.1 Å². The third kappa shape index (κ3) is 4.16. The van der Waals surface area contributed by atoms with E-state index in [4.69, 9.17) is 0 Å². The smallest absolute Gasteiger partial charge is 0.416 e. The van der Waals surface area contributed by atoms with Crippen molar-refractivity contribution in [1.29, 1.82) is 0 Å². The number of hydrogen-bond donors (Lipinski definition) is 0. The minimum atomic E-state index is -4.61. The highest BCUT2D eigenvalue weighted by Gasteiger charge is 2.38. The molecule has 1 saturated heterocycles. The van der Waals surface area contributed by atoms with Gasteiger partial charge in [-0.15, -0.1) is 10.2 Å². The lowest BCUT2D eigenvalue weighted by Gasteiger charge is -2.34. The zero-order valence-corrected chi connectivity index (χ0v) is 13.9. The lowest BCUT2D eigenvalue weighted by atomic mass is 10.3. The minimum Gasteiger partial charge on any atom is -0.416 e. The Labute approximate surface area is 142 Å². The van der Waals surface area contributed by atoms with Crippen LogP contribution in [-0.4, -0.2) is 65.3 Å². The average molecular weight is 357 g/mol. The molecule has 1 fully saturated rings. The average Bonchev–Trinajstić information content (AvgIpc) is 3.04. The Morgan fingerprint density at radius 3 is 2.44 bits per heavy atom. The van der Waals surface area contributed by atoms with E-state index in [-0.39, 0.29) is 12.4 Å². The Bertz CT molecular complexity index is 710. The maximum absolute atomic E-state index is 12.5. The largest absolute Gasteiger partial charge is 0.470 e. The molecule has 3 rings (SSSR count). The highest BCUT2D eigenvalue weighted by atomic mass is 19.4. The molecule has 1 aliphatic heterocycles. The Morgan fingerprint density at radius 1 is 1.12 bits per heavy atom. The third-order valence-electron chi connectivity index (χ3n) is 3.86. The maximum Gasteiger partial charge on any atom is 0.470 e. The molecular weight excluding hydrogens is 339 g/mol. The van der Waals surface area contributed by atoms with Crippen molar-refractivity contribution < 1.29 is 17.6 Å². The van der Waals surface area contributed by atoms with E-state index in [1.54, 1.807) is 0 Å². The molecule has 0 aromatic carbocycles. The number of piperazine rings is 1. The summed E-state index contributed by atoms with van der Waals surface area (Å²) in [5.74, 6) is 0.310. The van der Waals surface area contributed by atoms with Crippen molar-refractivity contribution in [2.45, 2.75) is 12.7 Å². The van der Waals surface area contributed by atoms with Crippen LogP contribution in [0.4, 0.5) is 24.8 Å². The van der Waals surface area contributed by atoms with Gasteiger partial charge in [0.25, 0.3) is 0 Å². The van der Waals surface area contributed by atoms with Crippen LogP contribution >= 0.6 is 0 Å². The highest BCUT2D eigenvalue weighted by molar-refractivity contribution is 5.49. The summed E-state index contributed by atoms with van der Waals surface area (Å²) in [4.78, 5) is 14.5. The van der Waals surface area contributed by atoms with Crippen LogP contribution in [0.2, 0.25) is 0 Å². The van der Waals surface area contributed by atoms with Crippen LogP contribution in [0.5, 0.6) is 0 Å². The van der Waals surface area contributed by atoms with Crippen LogP contribution in [0.1, 0.15) is 11.8 Å². The zero-order chi connectivity index (χ0) is 18.0. The highest BCUT2D eigenvalue weighted by Crippen LogP contribution is 2.28. The SMILES string of the molecule is CN(C)c1cc(N2CCN(Cc3nnc(C(F)(F)F)o3)CC2)ncn1. The molecule has 2 aromatic heterocycles. The quantitative estimate of drug-likeness (QED) is 0.810. The van der Waals surface area contributed by atoms with Gasteiger partial charge >= 0.3 is 12.1 Å². The van der Waals surface area contributed by atoms with Crippen LogP contribution in [0, 0.1) is 0 Å². The molecule has 136 valence electrons. The molecule has 0 N–H and O–H groups in total. The first-order valence-electron chi connectivity index (χ1n) is 7.69. The summed E-state index contributed by atoms with van der Waals surface area (Å²) in [6, 6.07) is 1.91. The van der Waals surface area contributed by atoms with Gasteiger partial charge in [-0.3, -0.25) is 4.90 Å². The minimum absolute atomic E-state index is 0.0299. The first kappa shape index (κ1) is 17.4. The summed E-state index contributed by atoms with van der Waals surface area (Å²) < 4.78 is 42.1. The van der Waals surface area contributed by atoms with Crippen LogP contribution in [0.25, 0.3) is 0 Å². The summed E-state index contributed by atoms with van der Waals surface area (Å²) in [5.41, 5.74) is 0. The molecule has 11 heteroatoms. The number of hydrogen-bond acceptors (Lipinski definition) is 8. The van der Waals surface area contributed by atoms with Crippen molar-refractivity contribution in [3.63, 3.8) is 0 Å². The van der Waals surface area contributed by atoms with Gasteiger partial charge in [-0.2, -0.15) is 13.2 Å². The molecule has 8 nitrogen and oxygen atoms in total. The van der Waals surface area contributed by atoms with Gasteiger partial charge in [0, 0.05) is 46.3 Å². The molecule has 0 unspecified atom stereocenters. The Kier molecular flexibility index (Phi) is 4.75. The zero-order valence-electron chi connectivity index (χ0n) is 13.9. The van der Waals surface area contributed by atoms with Crippen LogP contribution < -0.4 is 9.80 Å². The molecule has 3 heterocycles. The molecular formula is C14H18F3N7O. The number of anilines is 2. The van der Waals surface area contributed by atoms with Gasteiger partial charge < -0.3 is 14.2 Å². The third-order valence-corrected chi connectivity index (χ3v) is 3.86. The Morgan fingerprint density at radius 2 is 1.84 bits per heavy atom. The number of halogens is 3. The number of alkyl halides is 3. The number of rotatable bonds is 4.